The summed E-state index contributed by atoms with van der Waals surface area (Å²) in [4.78, 5) is 36.4. The monoisotopic (exact) mass is 370 g/mol. The van der Waals surface area contributed by atoms with E-state index in [2.05, 4.69) is 20.4 Å². The smallest absolute Gasteiger partial charge is 0.317 e. The zero-order chi connectivity index (χ0) is 18.6. The van der Waals surface area contributed by atoms with Crippen molar-refractivity contribution in [2.75, 3.05) is 32.7 Å². The number of urea groups is 1. The molecule has 9 heteroatoms. The fourth-order valence-corrected chi connectivity index (χ4v) is 3.47. The van der Waals surface area contributed by atoms with Gasteiger partial charge >= 0.3 is 6.03 Å². The van der Waals surface area contributed by atoms with Crippen LogP contribution < -0.4 is 5.32 Å². The summed E-state index contributed by atoms with van der Waals surface area (Å²) >= 11 is 0. The van der Waals surface area contributed by atoms with Crippen molar-refractivity contribution >= 4 is 11.9 Å². The van der Waals surface area contributed by atoms with Gasteiger partial charge in [-0.15, -0.1) is 0 Å². The van der Waals surface area contributed by atoms with E-state index < -0.39 is 0 Å². The summed E-state index contributed by atoms with van der Waals surface area (Å²) in [5.74, 6) is 1.21. The van der Waals surface area contributed by atoms with E-state index in [1.165, 1.54) is 0 Å². The molecule has 0 radical (unpaired) electrons. The molecule has 3 amide bonds. The second-order valence-electron chi connectivity index (χ2n) is 6.83. The first kappa shape index (κ1) is 17.4. The van der Waals surface area contributed by atoms with Crippen LogP contribution >= 0.6 is 0 Å². The van der Waals surface area contributed by atoms with Gasteiger partial charge in [0, 0.05) is 38.3 Å². The van der Waals surface area contributed by atoms with E-state index in [1.807, 2.05) is 23.1 Å². The first-order valence-corrected chi connectivity index (χ1v) is 9.26. The highest BCUT2D eigenvalue weighted by molar-refractivity contribution is 5.84. The highest BCUT2D eigenvalue weighted by atomic mass is 16.5. The van der Waals surface area contributed by atoms with Gasteiger partial charge < -0.3 is 19.6 Å². The number of nitrogens with one attached hydrogen (secondary N) is 1. The largest absolute Gasteiger partial charge is 0.341 e. The van der Waals surface area contributed by atoms with Crippen LogP contribution in [0, 0.1) is 0 Å². The molecule has 1 N–H and O–H groups in total. The van der Waals surface area contributed by atoms with E-state index in [0.29, 0.717) is 43.6 Å². The summed E-state index contributed by atoms with van der Waals surface area (Å²) in [6.45, 7) is 2.70. The van der Waals surface area contributed by atoms with E-state index in [4.69, 9.17) is 4.52 Å². The van der Waals surface area contributed by atoms with Crippen LogP contribution in [0.4, 0.5) is 4.79 Å². The standard InChI is InChI=1S/C18H22N6O3/c25-15(12-24-9-3-8-20-18(24)26)23-10-5-13(6-11-23)17-21-16(22-27-17)14-4-1-2-7-19-14/h1-2,4,7,13H,3,5-6,8-12H2,(H,20,26). The molecule has 0 atom stereocenters. The van der Waals surface area contributed by atoms with Crippen molar-refractivity contribution in [3.05, 3.63) is 30.3 Å². The van der Waals surface area contributed by atoms with Gasteiger partial charge in [0.05, 0.1) is 0 Å². The topological polar surface area (TPSA) is 104 Å². The zero-order valence-electron chi connectivity index (χ0n) is 15.0. The van der Waals surface area contributed by atoms with Crippen molar-refractivity contribution in [1.82, 2.24) is 30.2 Å². The molecule has 0 saturated carbocycles. The highest BCUT2D eigenvalue weighted by Crippen LogP contribution is 2.28. The number of pyridine rings is 1. The van der Waals surface area contributed by atoms with Gasteiger partial charge in [-0.1, -0.05) is 11.2 Å². The molecule has 2 aliphatic heterocycles. The van der Waals surface area contributed by atoms with Gasteiger partial charge in [0.1, 0.15) is 12.2 Å². The molecule has 2 aliphatic rings. The van der Waals surface area contributed by atoms with Gasteiger partial charge in [-0.3, -0.25) is 9.78 Å². The van der Waals surface area contributed by atoms with E-state index in [9.17, 15) is 9.59 Å². The summed E-state index contributed by atoms with van der Waals surface area (Å²) in [6.07, 6.45) is 4.10. The minimum atomic E-state index is -0.155. The SMILES string of the molecule is O=C(CN1CCCNC1=O)N1CCC(c2nc(-c3ccccn3)no2)CC1. The molecule has 0 aliphatic carbocycles. The number of nitrogens with zero attached hydrogens (tertiary/aromatic N) is 5. The third-order valence-electron chi connectivity index (χ3n) is 5.03. The van der Waals surface area contributed by atoms with Crippen molar-refractivity contribution in [2.24, 2.45) is 0 Å². The van der Waals surface area contributed by atoms with Crippen molar-refractivity contribution in [2.45, 2.75) is 25.2 Å². The fraction of sp³-hybridized carbons (Fsp3) is 0.500. The number of hydrogen-bond donors (Lipinski definition) is 1. The Labute approximate surface area is 156 Å². The van der Waals surface area contributed by atoms with Crippen LogP contribution in [-0.4, -0.2) is 69.6 Å². The number of amides is 3. The van der Waals surface area contributed by atoms with Gasteiger partial charge in [0.2, 0.25) is 17.6 Å². The van der Waals surface area contributed by atoms with Gasteiger partial charge in [-0.2, -0.15) is 4.98 Å². The number of carbonyl (C=O) groups excluding carboxylic acids is 2. The van der Waals surface area contributed by atoms with Crippen LogP contribution in [0.2, 0.25) is 0 Å². The van der Waals surface area contributed by atoms with Gasteiger partial charge in [0.15, 0.2) is 0 Å². The number of hydrogen-bond acceptors (Lipinski definition) is 6. The molecular formula is C18H22N6O3. The molecule has 0 spiro atoms. The number of piperidine rings is 1. The van der Waals surface area contributed by atoms with Crippen molar-refractivity contribution in [3.8, 4) is 11.5 Å². The molecule has 2 aromatic heterocycles. The molecule has 0 aromatic carbocycles. The second kappa shape index (κ2) is 7.73. The first-order chi connectivity index (χ1) is 13.2. The summed E-state index contributed by atoms with van der Waals surface area (Å²) in [6, 6.07) is 5.40. The maximum absolute atomic E-state index is 12.5. The van der Waals surface area contributed by atoms with Gasteiger partial charge in [0.25, 0.3) is 0 Å². The lowest BCUT2D eigenvalue weighted by molar-refractivity contribution is -0.133. The Balaban J connectivity index is 1.32. The van der Waals surface area contributed by atoms with Crippen molar-refractivity contribution < 1.29 is 14.1 Å². The Hall–Kier alpha value is -2.97. The zero-order valence-corrected chi connectivity index (χ0v) is 15.0. The van der Waals surface area contributed by atoms with Crippen LogP contribution in [0.5, 0.6) is 0 Å². The predicted molar refractivity (Wildman–Crippen MR) is 95.7 cm³/mol. The minimum Gasteiger partial charge on any atom is -0.341 e. The normalized spacial score (nSPS) is 18.4. The first-order valence-electron chi connectivity index (χ1n) is 9.26. The molecule has 142 valence electrons. The van der Waals surface area contributed by atoms with E-state index in [-0.39, 0.29) is 24.4 Å². The molecular weight excluding hydrogens is 348 g/mol. The van der Waals surface area contributed by atoms with Crippen LogP contribution in [0.15, 0.2) is 28.9 Å². The predicted octanol–water partition coefficient (Wildman–Crippen LogP) is 1.25. The molecule has 9 nitrogen and oxygen atoms in total. The summed E-state index contributed by atoms with van der Waals surface area (Å²) < 4.78 is 5.42. The fourth-order valence-electron chi connectivity index (χ4n) is 3.47. The molecule has 0 unspecified atom stereocenters. The minimum absolute atomic E-state index is 0.00907. The van der Waals surface area contributed by atoms with Crippen LogP contribution in [0.25, 0.3) is 11.5 Å². The van der Waals surface area contributed by atoms with E-state index >= 15 is 0 Å². The van der Waals surface area contributed by atoms with Crippen LogP contribution in [0.1, 0.15) is 31.1 Å². The second-order valence-corrected chi connectivity index (χ2v) is 6.83. The van der Waals surface area contributed by atoms with Crippen LogP contribution in [-0.2, 0) is 4.79 Å². The lowest BCUT2D eigenvalue weighted by Gasteiger charge is -2.33. The number of aromatic nitrogens is 3. The molecule has 4 heterocycles. The molecule has 4 rings (SSSR count). The summed E-state index contributed by atoms with van der Waals surface area (Å²) in [5, 5.41) is 6.79. The lowest BCUT2D eigenvalue weighted by atomic mass is 9.96. The lowest BCUT2D eigenvalue weighted by Crippen LogP contribution is -2.51. The van der Waals surface area contributed by atoms with Crippen molar-refractivity contribution in [1.29, 1.82) is 0 Å². The molecule has 0 bridgehead atoms. The summed E-state index contributed by atoms with van der Waals surface area (Å²) in [5.41, 5.74) is 0.680. The highest BCUT2D eigenvalue weighted by Gasteiger charge is 2.29. The Kier molecular flexibility index (Phi) is 4.99. The Morgan fingerprint density at radius 1 is 1.26 bits per heavy atom. The van der Waals surface area contributed by atoms with Gasteiger partial charge in [-0.25, -0.2) is 4.79 Å². The average molecular weight is 370 g/mol. The molecule has 2 aromatic rings. The maximum Gasteiger partial charge on any atom is 0.317 e. The third-order valence-corrected chi connectivity index (χ3v) is 5.03. The summed E-state index contributed by atoms with van der Waals surface area (Å²) in [7, 11) is 0. The van der Waals surface area contributed by atoms with E-state index in [1.54, 1.807) is 11.1 Å². The quantitative estimate of drug-likeness (QED) is 0.869. The van der Waals surface area contributed by atoms with Crippen molar-refractivity contribution in [3.63, 3.8) is 0 Å². The maximum atomic E-state index is 12.5. The van der Waals surface area contributed by atoms with Crippen LogP contribution in [0.3, 0.4) is 0 Å². The average Bonchev–Trinajstić information content (AvgIpc) is 3.21. The molecule has 2 fully saturated rings. The Morgan fingerprint density at radius 2 is 2.11 bits per heavy atom. The number of carbonyl (C=O) groups is 2. The Morgan fingerprint density at radius 3 is 2.85 bits per heavy atom. The number of rotatable bonds is 4. The van der Waals surface area contributed by atoms with Gasteiger partial charge in [-0.05, 0) is 31.4 Å². The molecule has 27 heavy (non-hydrogen) atoms. The number of likely N-dealkylation sites (tertiary alicyclic amines) is 1. The van der Waals surface area contributed by atoms with E-state index in [0.717, 1.165) is 19.3 Å². The Bertz CT molecular complexity index is 800. The molecule has 2 saturated heterocycles. The third kappa shape index (κ3) is 3.91.